The highest BCUT2D eigenvalue weighted by Crippen LogP contribution is 2.34. The average Bonchev–Trinajstić information content (AvgIpc) is 3.40. The second-order valence-corrected chi connectivity index (χ2v) is 8.53. The Morgan fingerprint density at radius 2 is 1.96 bits per heavy atom. The fourth-order valence-corrected chi connectivity index (χ4v) is 4.62. The first-order chi connectivity index (χ1) is 13.0. The van der Waals surface area contributed by atoms with Crippen LogP contribution in [0.4, 0.5) is 0 Å². The standard InChI is InChI=1S/C18H17NO6S2/c20-18(13-5-9-26-11-13,17-2-1-6-25-17)12-19-27(21,22)14-3-4-15-16(10-14)24-8-7-23-15/h1-6,9-11,19-20H,7-8,12H2/t18-/m0/s1. The Morgan fingerprint density at radius 1 is 1.15 bits per heavy atom. The molecule has 0 saturated heterocycles. The van der Waals surface area contributed by atoms with Crippen LogP contribution in [0.2, 0.25) is 0 Å². The summed E-state index contributed by atoms with van der Waals surface area (Å²) in [6, 6.07) is 9.38. The summed E-state index contributed by atoms with van der Waals surface area (Å²) in [6.07, 6.45) is 1.43. The fourth-order valence-electron chi connectivity index (χ4n) is 2.82. The van der Waals surface area contributed by atoms with E-state index in [0.29, 0.717) is 30.3 Å². The van der Waals surface area contributed by atoms with Crippen molar-refractivity contribution < 1.29 is 27.4 Å². The van der Waals surface area contributed by atoms with Crippen molar-refractivity contribution in [1.29, 1.82) is 0 Å². The van der Waals surface area contributed by atoms with Crippen LogP contribution in [0, 0.1) is 0 Å². The number of rotatable bonds is 6. The number of nitrogens with one attached hydrogen (secondary N) is 1. The van der Waals surface area contributed by atoms with Gasteiger partial charge in [-0.2, -0.15) is 11.3 Å². The highest BCUT2D eigenvalue weighted by atomic mass is 32.2. The Labute approximate surface area is 160 Å². The van der Waals surface area contributed by atoms with Gasteiger partial charge in [-0.1, -0.05) is 0 Å². The molecule has 0 unspecified atom stereocenters. The van der Waals surface area contributed by atoms with Crippen molar-refractivity contribution >= 4 is 21.4 Å². The number of hydrogen-bond donors (Lipinski definition) is 2. The van der Waals surface area contributed by atoms with Crippen molar-refractivity contribution in [2.45, 2.75) is 10.5 Å². The van der Waals surface area contributed by atoms with Crippen LogP contribution in [-0.4, -0.2) is 33.3 Å². The molecular formula is C18H17NO6S2. The minimum Gasteiger partial charge on any atom is -0.486 e. The Kier molecular flexibility index (Phi) is 4.68. The minimum absolute atomic E-state index is 0.0267. The van der Waals surface area contributed by atoms with Crippen LogP contribution in [-0.2, 0) is 15.6 Å². The smallest absolute Gasteiger partial charge is 0.240 e. The lowest BCUT2D eigenvalue weighted by molar-refractivity contribution is 0.0623. The molecule has 142 valence electrons. The molecule has 2 N–H and O–H groups in total. The first-order valence-electron chi connectivity index (χ1n) is 8.17. The highest BCUT2D eigenvalue weighted by molar-refractivity contribution is 7.89. The Hall–Kier alpha value is -2.33. The monoisotopic (exact) mass is 407 g/mol. The predicted molar refractivity (Wildman–Crippen MR) is 98.6 cm³/mol. The number of fused-ring (bicyclic) bond motifs is 1. The van der Waals surface area contributed by atoms with Gasteiger partial charge in [0.2, 0.25) is 10.0 Å². The molecule has 7 nitrogen and oxygen atoms in total. The number of thiophene rings is 1. The summed E-state index contributed by atoms with van der Waals surface area (Å²) in [5, 5.41) is 14.7. The van der Waals surface area contributed by atoms with Gasteiger partial charge in [-0.05, 0) is 41.1 Å². The van der Waals surface area contributed by atoms with Gasteiger partial charge in [0, 0.05) is 11.6 Å². The van der Waals surface area contributed by atoms with E-state index in [1.54, 1.807) is 35.0 Å². The van der Waals surface area contributed by atoms with Crippen molar-refractivity contribution in [2.24, 2.45) is 0 Å². The fraction of sp³-hybridized carbons (Fsp3) is 0.222. The molecule has 0 saturated carbocycles. The normalized spacial score (nSPS) is 16.0. The van der Waals surface area contributed by atoms with Gasteiger partial charge < -0.3 is 19.0 Å². The predicted octanol–water partition coefficient (Wildman–Crippen LogP) is 2.33. The maximum atomic E-state index is 12.8. The Bertz CT molecular complexity index is 978. The zero-order chi connectivity index (χ0) is 18.9. The quantitative estimate of drug-likeness (QED) is 0.651. The molecule has 3 aromatic rings. The van der Waals surface area contributed by atoms with Gasteiger partial charge in [0.15, 0.2) is 17.1 Å². The summed E-state index contributed by atoms with van der Waals surface area (Å²) < 4.78 is 44.2. The Balaban J connectivity index is 1.61. The summed E-state index contributed by atoms with van der Waals surface area (Å²) in [6.45, 7) is 0.502. The van der Waals surface area contributed by atoms with E-state index in [9.17, 15) is 13.5 Å². The number of hydrogen-bond acceptors (Lipinski definition) is 7. The third-order valence-corrected chi connectivity index (χ3v) is 6.35. The number of furan rings is 1. The summed E-state index contributed by atoms with van der Waals surface area (Å²) in [7, 11) is -3.89. The molecule has 9 heteroatoms. The topological polar surface area (TPSA) is 98.0 Å². The molecule has 0 aliphatic carbocycles. The molecule has 1 aliphatic rings. The van der Waals surface area contributed by atoms with E-state index < -0.39 is 15.6 Å². The maximum absolute atomic E-state index is 12.8. The molecular weight excluding hydrogens is 390 g/mol. The third kappa shape index (κ3) is 3.46. The summed E-state index contributed by atoms with van der Waals surface area (Å²) in [4.78, 5) is 0.0267. The van der Waals surface area contributed by atoms with Gasteiger partial charge in [-0.15, -0.1) is 0 Å². The van der Waals surface area contributed by atoms with E-state index in [-0.39, 0.29) is 17.2 Å². The second kappa shape index (κ2) is 7.01. The number of ether oxygens (including phenoxy) is 2. The highest BCUT2D eigenvalue weighted by Gasteiger charge is 2.36. The van der Waals surface area contributed by atoms with Crippen LogP contribution in [0.5, 0.6) is 11.5 Å². The van der Waals surface area contributed by atoms with Crippen molar-refractivity contribution in [3.05, 3.63) is 64.7 Å². The molecule has 0 spiro atoms. The first-order valence-corrected chi connectivity index (χ1v) is 10.6. The van der Waals surface area contributed by atoms with Gasteiger partial charge in [0.25, 0.3) is 0 Å². The van der Waals surface area contributed by atoms with Crippen LogP contribution in [0.3, 0.4) is 0 Å². The number of sulfonamides is 1. The lowest BCUT2D eigenvalue weighted by Crippen LogP contribution is -2.41. The molecule has 0 amide bonds. The van der Waals surface area contributed by atoms with E-state index in [1.807, 2.05) is 0 Å². The minimum atomic E-state index is -3.89. The number of benzene rings is 1. The van der Waals surface area contributed by atoms with E-state index in [1.165, 1.54) is 29.7 Å². The van der Waals surface area contributed by atoms with Gasteiger partial charge >= 0.3 is 0 Å². The van der Waals surface area contributed by atoms with Crippen molar-refractivity contribution in [2.75, 3.05) is 19.8 Å². The van der Waals surface area contributed by atoms with Crippen LogP contribution in [0.1, 0.15) is 11.3 Å². The summed E-state index contributed by atoms with van der Waals surface area (Å²) in [5.41, 5.74) is -1.07. The largest absolute Gasteiger partial charge is 0.486 e. The molecule has 0 fully saturated rings. The van der Waals surface area contributed by atoms with Crippen molar-refractivity contribution in [3.63, 3.8) is 0 Å². The lowest BCUT2D eigenvalue weighted by atomic mass is 9.94. The third-order valence-electron chi connectivity index (χ3n) is 4.27. The van der Waals surface area contributed by atoms with Crippen molar-refractivity contribution in [3.8, 4) is 11.5 Å². The van der Waals surface area contributed by atoms with E-state index in [0.717, 1.165) is 0 Å². The SMILES string of the molecule is O=S(=O)(NC[C@](O)(c1ccsc1)c1ccco1)c1ccc2c(c1)OCCO2. The van der Waals surface area contributed by atoms with E-state index in [2.05, 4.69) is 4.72 Å². The van der Waals surface area contributed by atoms with E-state index in [4.69, 9.17) is 13.9 Å². The first kappa shape index (κ1) is 18.1. The van der Waals surface area contributed by atoms with Crippen molar-refractivity contribution in [1.82, 2.24) is 4.72 Å². The van der Waals surface area contributed by atoms with Crippen LogP contribution < -0.4 is 14.2 Å². The maximum Gasteiger partial charge on any atom is 0.240 e. The van der Waals surface area contributed by atoms with Crippen LogP contribution in [0.25, 0.3) is 0 Å². The molecule has 0 bridgehead atoms. The molecule has 0 radical (unpaired) electrons. The zero-order valence-corrected chi connectivity index (χ0v) is 15.8. The van der Waals surface area contributed by atoms with Gasteiger partial charge in [0.1, 0.15) is 19.0 Å². The lowest BCUT2D eigenvalue weighted by Gasteiger charge is -2.26. The molecule has 1 aromatic carbocycles. The zero-order valence-electron chi connectivity index (χ0n) is 14.1. The van der Waals surface area contributed by atoms with Gasteiger partial charge in [-0.25, -0.2) is 13.1 Å². The molecule has 4 rings (SSSR count). The molecule has 3 heterocycles. The average molecular weight is 407 g/mol. The number of aliphatic hydroxyl groups is 1. The Morgan fingerprint density at radius 3 is 2.67 bits per heavy atom. The summed E-state index contributed by atoms with van der Waals surface area (Å²) >= 11 is 1.40. The molecule has 1 aliphatic heterocycles. The van der Waals surface area contributed by atoms with E-state index >= 15 is 0 Å². The summed E-state index contributed by atoms with van der Waals surface area (Å²) in [5.74, 6) is 1.14. The molecule has 2 aromatic heterocycles. The van der Waals surface area contributed by atoms with Crippen LogP contribution >= 0.6 is 11.3 Å². The molecule has 27 heavy (non-hydrogen) atoms. The van der Waals surface area contributed by atoms with Gasteiger partial charge in [0.05, 0.1) is 17.7 Å². The van der Waals surface area contributed by atoms with Gasteiger partial charge in [-0.3, -0.25) is 0 Å². The second-order valence-electron chi connectivity index (χ2n) is 5.98. The van der Waals surface area contributed by atoms with Crippen LogP contribution in [0.15, 0.2) is 62.7 Å². The molecule has 1 atom stereocenters.